The number of rotatable bonds is 9. The van der Waals surface area contributed by atoms with Crippen LogP contribution in [0, 0.1) is 10.8 Å². The Morgan fingerprint density at radius 1 is 0.548 bits per heavy atom. The van der Waals surface area contributed by atoms with Crippen molar-refractivity contribution in [2.45, 2.75) is 82.1 Å². The summed E-state index contributed by atoms with van der Waals surface area (Å²) in [6.45, 7) is 21.9. The van der Waals surface area contributed by atoms with Gasteiger partial charge in [-0.05, 0) is 99.7 Å². The lowest BCUT2D eigenvalue weighted by Crippen LogP contribution is -2.23. The summed E-state index contributed by atoms with van der Waals surface area (Å²) in [5.41, 5.74) is 10.3. The van der Waals surface area contributed by atoms with E-state index in [1.54, 1.807) is 0 Å². The number of thiocarbonyl (C=S) groups is 2. The average Bonchev–Trinajstić information content (AvgIpc) is 2.84. The Balaban J connectivity index is 1.93. The van der Waals surface area contributed by atoms with Gasteiger partial charge in [0.25, 0.3) is 0 Å². The van der Waals surface area contributed by atoms with Gasteiger partial charge in [-0.1, -0.05) is 159 Å². The fraction of sp³-hybridized carbons (Fsp3) is 0.350. The molecule has 0 aromatic rings. The first-order valence-corrected chi connectivity index (χ1v) is 15.7. The van der Waals surface area contributed by atoms with E-state index in [0.29, 0.717) is 0 Å². The lowest BCUT2D eigenvalue weighted by atomic mass is 9.73. The lowest BCUT2D eigenvalue weighted by Gasteiger charge is -2.32. The van der Waals surface area contributed by atoms with E-state index in [0.717, 1.165) is 22.6 Å². The van der Waals surface area contributed by atoms with Gasteiger partial charge in [0, 0.05) is 9.73 Å². The molecule has 0 aromatic heterocycles. The first-order chi connectivity index (χ1) is 19.6. The van der Waals surface area contributed by atoms with Crippen LogP contribution in [0.15, 0.2) is 142 Å². The predicted molar refractivity (Wildman–Crippen MR) is 197 cm³/mol. The van der Waals surface area contributed by atoms with E-state index in [4.69, 9.17) is 24.4 Å². The van der Waals surface area contributed by atoms with Crippen molar-refractivity contribution >= 4 is 34.2 Å². The Morgan fingerprint density at radius 3 is 1.19 bits per heavy atom. The third-order valence-electron chi connectivity index (χ3n) is 7.59. The van der Waals surface area contributed by atoms with Crippen molar-refractivity contribution in [1.29, 1.82) is 0 Å². The van der Waals surface area contributed by atoms with Crippen LogP contribution in [0.3, 0.4) is 0 Å². The Labute approximate surface area is 267 Å². The van der Waals surface area contributed by atoms with Gasteiger partial charge in [-0.3, -0.25) is 0 Å². The zero-order valence-corrected chi connectivity index (χ0v) is 29.1. The van der Waals surface area contributed by atoms with Gasteiger partial charge < -0.3 is 0 Å². The van der Waals surface area contributed by atoms with Crippen LogP contribution in [-0.2, 0) is 0 Å². The van der Waals surface area contributed by atoms with Crippen LogP contribution in [0.4, 0.5) is 0 Å². The molecule has 0 N–H and O–H groups in total. The van der Waals surface area contributed by atoms with Crippen LogP contribution in [0.5, 0.6) is 0 Å². The monoisotopic (exact) mass is 594 g/mol. The topological polar surface area (TPSA) is 0 Å². The summed E-state index contributed by atoms with van der Waals surface area (Å²) < 4.78 is 0. The molecule has 0 nitrogen and oxygen atoms in total. The predicted octanol–water partition coefficient (Wildman–Crippen LogP) is 12.3. The van der Waals surface area contributed by atoms with Crippen LogP contribution in [-0.4, -0.2) is 9.73 Å². The second kappa shape index (κ2) is 16.1. The van der Waals surface area contributed by atoms with Crippen molar-refractivity contribution in [3.63, 3.8) is 0 Å². The molecule has 0 saturated heterocycles. The molecular formula is C40H50S2. The molecule has 0 spiro atoms. The van der Waals surface area contributed by atoms with Gasteiger partial charge in [0.1, 0.15) is 0 Å². The zero-order valence-electron chi connectivity index (χ0n) is 27.5. The SMILES string of the molecule is CC1=CC(=S)CC(C)(C)\C1=C/C=C(C)/C=C/C=C(C)/C=C/C=C/C(C)=C/C=C/C(C)=C/C=C1/C(C)=CC(=S)CC1(C)C. The number of allylic oxidation sites excluding steroid dienone is 24. The quantitative estimate of drug-likeness (QED) is 0.192. The smallest absolute Gasteiger partial charge is 0.0163 e. The fourth-order valence-electron chi connectivity index (χ4n) is 5.35. The maximum absolute atomic E-state index is 5.45. The summed E-state index contributed by atoms with van der Waals surface area (Å²) in [6.07, 6.45) is 36.3. The molecule has 2 rings (SSSR count). The van der Waals surface area contributed by atoms with Gasteiger partial charge in [0.2, 0.25) is 0 Å². The van der Waals surface area contributed by atoms with E-state index in [-0.39, 0.29) is 10.8 Å². The molecule has 222 valence electrons. The molecule has 0 fully saturated rings. The van der Waals surface area contributed by atoms with Crippen molar-refractivity contribution < 1.29 is 0 Å². The summed E-state index contributed by atoms with van der Waals surface area (Å²) in [6, 6.07) is 0. The highest BCUT2D eigenvalue weighted by atomic mass is 32.1. The van der Waals surface area contributed by atoms with Gasteiger partial charge >= 0.3 is 0 Å². The lowest BCUT2D eigenvalue weighted by molar-refractivity contribution is 0.471. The number of hydrogen-bond donors (Lipinski definition) is 0. The average molecular weight is 595 g/mol. The normalized spacial score (nSPS) is 22.9. The van der Waals surface area contributed by atoms with Crippen molar-refractivity contribution in [3.8, 4) is 0 Å². The third kappa shape index (κ3) is 11.7. The second-order valence-electron chi connectivity index (χ2n) is 12.9. The Bertz CT molecular complexity index is 1310. The summed E-state index contributed by atoms with van der Waals surface area (Å²) >= 11 is 10.9. The van der Waals surface area contributed by atoms with Crippen molar-refractivity contribution in [1.82, 2.24) is 0 Å². The molecule has 2 aliphatic rings. The van der Waals surface area contributed by atoms with E-state index in [2.05, 4.69) is 166 Å². The molecule has 0 saturated carbocycles. The molecule has 0 heterocycles. The molecule has 0 amide bonds. The summed E-state index contributed by atoms with van der Waals surface area (Å²) in [4.78, 5) is 2.10. The molecule has 2 aliphatic carbocycles. The minimum absolute atomic E-state index is 0.0852. The maximum atomic E-state index is 5.45. The Hall–Kier alpha value is -2.94. The molecule has 0 aromatic carbocycles. The van der Waals surface area contributed by atoms with Crippen LogP contribution in [0.25, 0.3) is 0 Å². The first-order valence-electron chi connectivity index (χ1n) is 14.9. The third-order valence-corrected chi connectivity index (χ3v) is 8.11. The van der Waals surface area contributed by atoms with Gasteiger partial charge in [-0.15, -0.1) is 0 Å². The summed E-state index contributed by atoms with van der Waals surface area (Å²) in [5.74, 6) is 0. The molecule has 0 radical (unpaired) electrons. The molecule has 0 unspecified atom stereocenters. The molecule has 42 heavy (non-hydrogen) atoms. The van der Waals surface area contributed by atoms with Crippen molar-refractivity contribution in [2.75, 3.05) is 0 Å². The Morgan fingerprint density at radius 2 is 0.857 bits per heavy atom. The standard InChI is InChI=1S/C40H50S2/c1-29(17-13-19-31(3)21-23-37-33(5)25-35(41)27-39(37,7)8)15-11-12-16-30(2)18-14-20-32(4)22-24-38-34(6)26-36(42)28-40(38,9)10/h11-26H,27-28H2,1-10H3/b15-11+,16-12+,19-13+,20-14+,29-17+,30-18+,31-21+,32-22+,37-23-,38-24-. The highest BCUT2D eigenvalue weighted by molar-refractivity contribution is 7.81. The second-order valence-corrected chi connectivity index (χ2v) is 14.0. The van der Waals surface area contributed by atoms with Crippen LogP contribution in [0.2, 0.25) is 0 Å². The maximum Gasteiger partial charge on any atom is 0.0163 e. The minimum atomic E-state index is 0.0852. The van der Waals surface area contributed by atoms with Crippen LogP contribution >= 0.6 is 24.4 Å². The van der Waals surface area contributed by atoms with Crippen molar-refractivity contribution in [2.24, 2.45) is 10.8 Å². The molecule has 0 aliphatic heterocycles. The fourth-order valence-corrected chi connectivity index (χ4v) is 6.43. The largest absolute Gasteiger partial charge is 0.0849 e. The zero-order chi connectivity index (χ0) is 31.5. The van der Waals surface area contributed by atoms with E-state index in [1.165, 1.54) is 44.6 Å². The molecule has 0 atom stereocenters. The van der Waals surface area contributed by atoms with Crippen molar-refractivity contribution in [3.05, 3.63) is 142 Å². The first kappa shape index (κ1) is 35.3. The minimum Gasteiger partial charge on any atom is -0.0849 e. The van der Waals surface area contributed by atoms with E-state index in [1.807, 2.05) is 0 Å². The summed E-state index contributed by atoms with van der Waals surface area (Å²) in [5, 5.41) is 0. The summed E-state index contributed by atoms with van der Waals surface area (Å²) in [7, 11) is 0. The molecule has 0 bridgehead atoms. The van der Waals surface area contributed by atoms with E-state index >= 15 is 0 Å². The van der Waals surface area contributed by atoms with Gasteiger partial charge in [-0.2, -0.15) is 0 Å². The number of hydrogen-bond acceptors (Lipinski definition) is 2. The van der Waals surface area contributed by atoms with Gasteiger partial charge in [-0.25, -0.2) is 0 Å². The highest BCUT2D eigenvalue weighted by Gasteiger charge is 2.29. The molecule has 2 heteroatoms. The molecular weight excluding hydrogens is 545 g/mol. The van der Waals surface area contributed by atoms with Crippen LogP contribution in [0.1, 0.15) is 82.1 Å². The Kier molecular flexibility index (Phi) is 13.5. The van der Waals surface area contributed by atoms with Crippen LogP contribution < -0.4 is 0 Å². The van der Waals surface area contributed by atoms with E-state index in [9.17, 15) is 0 Å². The van der Waals surface area contributed by atoms with E-state index < -0.39 is 0 Å². The highest BCUT2D eigenvalue weighted by Crippen LogP contribution is 2.40. The van der Waals surface area contributed by atoms with Gasteiger partial charge in [0.15, 0.2) is 0 Å². The van der Waals surface area contributed by atoms with Gasteiger partial charge in [0.05, 0.1) is 0 Å².